The quantitative estimate of drug-likeness (QED) is 0.437. The van der Waals surface area contributed by atoms with Gasteiger partial charge in [0.05, 0.1) is 6.10 Å². The van der Waals surface area contributed by atoms with E-state index in [1.165, 1.54) is 0 Å². The number of amides is 1. The summed E-state index contributed by atoms with van der Waals surface area (Å²) >= 11 is 5.98. The minimum atomic E-state index is -0.614. The molecular weight excluding hydrogens is 416 g/mol. The first-order valence-corrected chi connectivity index (χ1v) is 10.5. The zero-order valence-electron chi connectivity index (χ0n) is 17.6. The standard InChI is InChI=1S/C24H27ClN2O4/c1-15-10-21(31-23(15)24(26)29)14-30-20-8-6-17(7-9-20)11-16(2)27-13-22(28)18-4-3-5-19(25)12-18/h3-10,12,16,22,27-28H,11,13-14H2,1-2H3,(H2,26,29). The molecule has 7 heteroatoms. The normalized spacial score (nSPS) is 13.0. The summed E-state index contributed by atoms with van der Waals surface area (Å²) in [5.41, 5.74) is 7.91. The fourth-order valence-corrected chi connectivity index (χ4v) is 3.51. The number of rotatable bonds is 10. The van der Waals surface area contributed by atoms with E-state index in [4.69, 9.17) is 26.5 Å². The number of aliphatic hydroxyl groups excluding tert-OH is 1. The van der Waals surface area contributed by atoms with Crippen molar-refractivity contribution in [3.05, 3.63) is 87.8 Å². The van der Waals surface area contributed by atoms with Gasteiger partial charge in [0.1, 0.15) is 18.1 Å². The molecule has 3 rings (SSSR count). The smallest absolute Gasteiger partial charge is 0.284 e. The first kappa shape index (κ1) is 22.9. The van der Waals surface area contributed by atoms with Crippen molar-refractivity contribution in [3.8, 4) is 5.75 Å². The summed E-state index contributed by atoms with van der Waals surface area (Å²) in [4.78, 5) is 11.3. The maximum absolute atomic E-state index is 11.3. The van der Waals surface area contributed by atoms with Gasteiger partial charge in [-0.15, -0.1) is 0 Å². The Labute approximate surface area is 187 Å². The van der Waals surface area contributed by atoms with Gasteiger partial charge in [0, 0.05) is 23.2 Å². The molecular formula is C24H27ClN2O4. The minimum Gasteiger partial charge on any atom is -0.486 e. The van der Waals surface area contributed by atoms with Gasteiger partial charge in [-0.3, -0.25) is 4.79 Å². The second-order valence-corrected chi connectivity index (χ2v) is 8.04. The van der Waals surface area contributed by atoms with Crippen LogP contribution in [0, 0.1) is 6.92 Å². The van der Waals surface area contributed by atoms with E-state index in [1.54, 1.807) is 25.1 Å². The third-order valence-corrected chi connectivity index (χ3v) is 5.17. The van der Waals surface area contributed by atoms with Gasteiger partial charge >= 0.3 is 0 Å². The Morgan fingerprint density at radius 1 is 1.23 bits per heavy atom. The lowest BCUT2D eigenvalue weighted by molar-refractivity contribution is 0.0969. The minimum absolute atomic E-state index is 0.163. The Hall–Kier alpha value is -2.80. The Balaban J connectivity index is 1.46. The highest BCUT2D eigenvalue weighted by molar-refractivity contribution is 6.30. The molecule has 31 heavy (non-hydrogen) atoms. The van der Waals surface area contributed by atoms with Crippen LogP contribution in [0.15, 0.2) is 59.0 Å². The van der Waals surface area contributed by atoms with E-state index in [0.29, 0.717) is 28.6 Å². The van der Waals surface area contributed by atoms with Gasteiger partial charge in [-0.1, -0.05) is 35.9 Å². The number of primary amides is 1. The monoisotopic (exact) mass is 442 g/mol. The van der Waals surface area contributed by atoms with E-state index >= 15 is 0 Å². The third-order valence-electron chi connectivity index (χ3n) is 4.93. The molecule has 0 aliphatic carbocycles. The first-order chi connectivity index (χ1) is 14.8. The van der Waals surface area contributed by atoms with Crippen LogP contribution in [-0.4, -0.2) is 23.6 Å². The Morgan fingerprint density at radius 2 is 1.97 bits per heavy atom. The molecule has 0 fully saturated rings. The molecule has 2 unspecified atom stereocenters. The first-order valence-electron chi connectivity index (χ1n) is 10.1. The van der Waals surface area contributed by atoms with Crippen molar-refractivity contribution in [3.63, 3.8) is 0 Å². The molecule has 0 spiro atoms. The van der Waals surface area contributed by atoms with Gasteiger partial charge in [0.15, 0.2) is 5.76 Å². The average molecular weight is 443 g/mol. The lowest BCUT2D eigenvalue weighted by Crippen LogP contribution is -2.32. The lowest BCUT2D eigenvalue weighted by atomic mass is 10.1. The molecule has 2 atom stereocenters. The second kappa shape index (κ2) is 10.5. The van der Waals surface area contributed by atoms with Crippen molar-refractivity contribution in [2.75, 3.05) is 6.54 Å². The van der Waals surface area contributed by atoms with Crippen molar-refractivity contribution < 1.29 is 19.1 Å². The summed E-state index contributed by atoms with van der Waals surface area (Å²) in [6.07, 6.45) is 0.194. The van der Waals surface area contributed by atoms with Gasteiger partial charge in [0.25, 0.3) is 5.91 Å². The summed E-state index contributed by atoms with van der Waals surface area (Å²) in [5, 5.41) is 14.3. The predicted molar refractivity (Wildman–Crippen MR) is 120 cm³/mol. The van der Waals surface area contributed by atoms with E-state index in [1.807, 2.05) is 36.4 Å². The zero-order chi connectivity index (χ0) is 22.4. The van der Waals surface area contributed by atoms with Crippen molar-refractivity contribution in [2.45, 2.75) is 39.0 Å². The van der Waals surface area contributed by atoms with Gasteiger partial charge in [-0.25, -0.2) is 0 Å². The molecule has 0 saturated carbocycles. The molecule has 0 aliphatic heterocycles. The fraction of sp³-hybridized carbons (Fsp3) is 0.292. The van der Waals surface area contributed by atoms with E-state index in [-0.39, 0.29) is 18.4 Å². The molecule has 1 aromatic heterocycles. The van der Waals surface area contributed by atoms with Crippen LogP contribution in [0.4, 0.5) is 0 Å². The topological polar surface area (TPSA) is 97.7 Å². The number of hydrogen-bond donors (Lipinski definition) is 3. The molecule has 164 valence electrons. The van der Waals surface area contributed by atoms with Crippen LogP contribution in [0.1, 0.15) is 46.0 Å². The Kier molecular flexibility index (Phi) is 7.74. The number of carbonyl (C=O) groups is 1. The number of carbonyl (C=O) groups excluding carboxylic acids is 1. The summed E-state index contributed by atoms with van der Waals surface area (Å²) in [6, 6.07) is 17.0. The van der Waals surface area contributed by atoms with E-state index in [9.17, 15) is 9.90 Å². The molecule has 1 amide bonds. The zero-order valence-corrected chi connectivity index (χ0v) is 18.4. The second-order valence-electron chi connectivity index (χ2n) is 7.61. The average Bonchev–Trinajstić information content (AvgIpc) is 3.12. The number of hydrogen-bond acceptors (Lipinski definition) is 5. The maximum Gasteiger partial charge on any atom is 0.284 e. The lowest BCUT2D eigenvalue weighted by Gasteiger charge is -2.18. The van der Waals surface area contributed by atoms with Crippen molar-refractivity contribution in [1.82, 2.24) is 5.32 Å². The Bertz CT molecular complexity index is 1020. The van der Waals surface area contributed by atoms with Crippen LogP contribution in [0.2, 0.25) is 5.02 Å². The van der Waals surface area contributed by atoms with E-state index in [2.05, 4.69) is 12.2 Å². The van der Waals surface area contributed by atoms with Crippen LogP contribution in [0.3, 0.4) is 0 Å². The molecule has 1 heterocycles. The molecule has 0 bridgehead atoms. The van der Waals surface area contributed by atoms with Gasteiger partial charge in [-0.05, 0) is 61.7 Å². The largest absolute Gasteiger partial charge is 0.486 e. The molecule has 6 nitrogen and oxygen atoms in total. The summed E-state index contributed by atoms with van der Waals surface area (Å²) < 4.78 is 11.2. The molecule has 2 aromatic carbocycles. The summed E-state index contributed by atoms with van der Waals surface area (Å²) in [5.74, 6) is 0.828. The number of nitrogens with two attached hydrogens (primary N) is 1. The SMILES string of the molecule is Cc1cc(COc2ccc(CC(C)NCC(O)c3cccc(Cl)c3)cc2)oc1C(N)=O. The highest BCUT2D eigenvalue weighted by Gasteiger charge is 2.13. The van der Waals surface area contributed by atoms with E-state index in [0.717, 1.165) is 17.5 Å². The van der Waals surface area contributed by atoms with Crippen molar-refractivity contribution >= 4 is 17.5 Å². The van der Waals surface area contributed by atoms with Crippen LogP contribution in [-0.2, 0) is 13.0 Å². The summed E-state index contributed by atoms with van der Waals surface area (Å²) in [6.45, 7) is 4.50. The van der Waals surface area contributed by atoms with Crippen LogP contribution < -0.4 is 15.8 Å². The van der Waals surface area contributed by atoms with Gasteiger partial charge in [0.2, 0.25) is 0 Å². The van der Waals surface area contributed by atoms with Crippen LogP contribution >= 0.6 is 11.6 Å². The van der Waals surface area contributed by atoms with Crippen molar-refractivity contribution in [1.29, 1.82) is 0 Å². The Morgan fingerprint density at radius 3 is 2.61 bits per heavy atom. The number of ether oxygens (including phenoxy) is 1. The molecule has 0 aliphatic rings. The molecule has 0 radical (unpaired) electrons. The van der Waals surface area contributed by atoms with Crippen LogP contribution in [0.25, 0.3) is 0 Å². The number of aliphatic hydroxyl groups is 1. The number of aryl methyl sites for hydroxylation is 1. The molecule has 3 aromatic rings. The molecule has 0 saturated heterocycles. The van der Waals surface area contributed by atoms with Gasteiger partial charge in [-0.2, -0.15) is 0 Å². The number of nitrogens with one attached hydrogen (secondary N) is 1. The number of halogens is 1. The third kappa shape index (κ3) is 6.59. The number of benzene rings is 2. The molecule has 4 N–H and O–H groups in total. The van der Waals surface area contributed by atoms with Gasteiger partial charge < -0.3 is 25.3 Å². The fourth-order valence-electron chi connectivity index (χ4n) is 3.31. The van der Waals surface area contributed by atoms with Crippen molar-refractivity contribution in [2.24, 2.45) is 5.73 Å². The highest BCUT2D eigenvalue weighted by Crippen LogP contribution is 2.19. The van der Waals surface area contributed by atoms with Crippen LogP contribution in [0.5, 0.6) is 5.75 Å². The predicted octanol–water partition coefficient (Wildman–Crippen LogP) is 4.17. The maximum atomic E-state index is 11.3. The van der Waals surface area contributed by atoms with E-state index < -0.39 is 12.0 Å². The highest BCUT2D eigenvalue weighted by atomic mass is 35.5. The number of furan rings is 1. The summed E-state index contributed by atoms with van der Waals surface area (Å²) in [7, 11) is 0.